The van der Waals surface area contributed by atoms with Crippen LogP contribution in [-0.4, -0.2) is 37.1 Å². The molecule has 0 amide bonds. The van der Waals surface area contributed by atoms with E-state index >= 15 is 0 Å². The molecule has 0 radical (unpaired) electrons. The molecule has 1 aromatic rings. The summed E-state index contributed by atoms with van der Waals surface area (Å²) in [6.45, 7) is 6.79. The highest BCUT2D eigenvalue weighted by molar-refractivity contribution is 5.25. The van der Waals surface area contributed by atoms with Crippen molar-refractivity contribution < 1.29 is 4.74 Å². The Balaban J connectivity index is 2.65. The van der Waals surface area contributed by atoms with Crippen LogP contribution in [0.2, 0.25) is 0 Å². The van der Waals surface area contributed by atoms with Gasteiger partial charge in [0.2, 0.25) is 5.88 Å². The number of nitrogens with two attached hydrogens (primary N) is 1. The molecule has 0 fully saturated rings. The highest BCUT2D eigenvalue weighted by Gasteiger charge is 2.18. The van der Waals surface area contributed by atoms with Gasteiger partial charge in [0.25, 0.3) is 0 Å². The minimum Gasteiger partial charge on any atom is -0.481 e. The van der Waals surface area contributed by atoms with Gasteiger partial charge in [0, 0.05) is 24.8 Å². The Morgan fingerprint density at radius 1 is 1.47 bits per heavy atom. The van der Waals surface area contributed by atoms with Gasteiger partial charge in [-0.3, -0.25) is 0 Å². The molecule has 4 heteroatoms. The summed E-state index contributed by atoms with van der Waals surface area (Å²) in [5, 5.41) is 0. The van der Waals surface area contributed by atoms with E-state index in [1.807, 2.05) is 12.1 Å². The fourth-order valence-electron chi connectivity index (χ4n) is 1.87. The van der Waals surface area contributed by atoms with E-state index in [9.17, 15) is 0 Å². The van der Waals surface area contributed by atoms with E-state index in [0.29, 0.717) is 12.4 Å². The fraction of sp³-hybridized carbons (Fsp3) is 0.615. The number of methoxy groups -OCH3 is 1. The smallest absolute Gasteiger partial charge is 0.217 e. The van der Waals surface area contributed by atoms with Crippen LogP contribution >= 0.6 is 0 Å². The van der Waals surface area contributed by atoms with Crippen molar-refractivity contribution in [3.8, 4) is 5.88 Å². The van der Waals surface area contributed by atoms with Crippen molar-refractivity contribution >= 4 is 0 Å². The van der Waals surface area contributed by atoms with Gasteiger partial charge in [0.1, 0.15) is 0 Å². The molecule has 17 heavy (non-hydrogen) atoms. The quantitative estimate of drug-likeness (QED) is 0.814. The van der Waals surface area contributed by atoms with Gasteiger partial charge in [-0.2, -0.15) is 0 Å². The Morgan fingerprint density at radius 2 is 2.18 bits per heavy atom. The molecule has 0 aliphatic heterocycles. The third-order valence-electron chi connectivity index (χ3n) is 2.73. The number of ether oxygens (including phenoxy) is 1. The lowest BCUT2D eigenvalue weighted by Gasteiger charge is -2.29. The van der Waals surface area contributed by atoms with Gasteiger partial charge in [0.05, 0.1) is 7.11 Å². The fourth-order valence-corrected chi connectivity index (χ4v) is 1.87. The molecule has 2 N–H and O–H groups in total. The Kier molecular flexibility index (Phi) is 4.90. The maximum Gasteiger partial charge on any atom is 0.217 e. The minimum absolute atomic E-state index is 0.129. The zero-order chi connectivity index (χ0) is 12.9. The van der Waals surface area contributed by atoms with Gasteiger partial charge < -0.3 is 15.4 Å². The van der Waals surface area contributed by atoms with Gasteiger partial charge in [-0.25, -0.2) is 4.98 Å². The molecule has 96 valence electrons. The maximum absolute atomic E-state index is 5.74. The van der Waals surface area contributed by atoms with Crippen LogP contribution in [0.4, 0.5) is 0 Å². The minimum atomic E-state index is 0.129. The predicted molar refractivity (Wildman–Crippen MR) is 70.0 cm³/mol. The summed E-state index contributed by atoms with van der Waals surface area (Å²) in [7, 11) is 3.74. The molecule has 1 heterocycles. The van der Waals surface area contributed by atoms with Gasteiger partial charge in [-0.1, -0.05) is 19.9 Å². The highest BCUT2D eigenvalue weighted by atomic mass is 16.5. The van der Waals surface area contributed by atoms with Gasteiger partial charge in [-0.05, 0) is 25.1 Å². The third-order valence-corrected chi connectivity index (χ3v) is 2.73. The lowest BCUT2D eigenvalue weighted by Crippen LogP contribution is -2.36. The normalized spacial score (nSPS) is 11.9. The molecule has 0 spiro atoms. The Hall–Kier alpha value is -1.13. The molecule has 0 aliphatic carbocycles. The van der Waals surface area contributed by atoms with Gasteiger partial charge in [-0.15, -0.1) is 0 Å². The molecular formula is C13H23N3O. The summed E-state index contributed by atoms with van der Waals surface area (Å²) in [4.78, 5) is 6.44. The summed E-state index contributed by atoms with van der Waals surface area (Å²) >= 11 is 0. The zero-order valence-corrected chi connectivity index (χ0v) is 11.2. The average Bonchev–Trinajstić information content (AvgIpc) is 2.29. The van der Waals surface area contributed by atoms with Crippen LogP contribution in [-0.2, 0) is 6.54 Å². The number of hydrogen-bond donors (Lipinski definition) is 1. The molecular weight excluding hydrogens is 214 g/mol. The summed E-state index contributed by atoms with van der Waals surface area (Å²) in [6, 6.07) is 3.97. The molecule has 0 bridgehead atoms. The summed E-state index contributed by atoms with van der Waals surface area (Å²) in [5.41, 5.74) is 6.97. The Labute approximate surface area is 104 Å². The van der Waals surface area contributed by atoms with E-state index in [1.54, 1.807) is 13.3 Å². The number of rotatable bonds is 6. The first-order valence-corrected chi connectivity index (χ1v) is 5.85. The molecule has 0 unspecified atom stereocenters. The lowest BCUT2D eigenvalue weighted by molar-refractivity contribution is 0.207. The van der Waals surface area contributed by atoms with Crippen LogP contribution in [0.3, 0.4) is 0 Å². The van der Waals surface area contributed by atoms with Crippen molar-refractivity contribution in [2.45, 2.75) is 20.4 Å². The second-order valence-corrected chi connectivity index (χ2v) is 5.21. The van der Waals surface area contributed by atoms with Crippen LogP contribution in [0.25, 0.3) is 0 Å². The average molecular weight is 237 g/mol. The maximum atomic E-state index is 5.74. The van der Waals surface area contributed by atoms with Crippen LogP contribution in [0, 0.1) is 5.41 Å². The monoisotopic (exact) mass is 237 g/mol. The first-order valence-electron chi connectivity index (χ1n) is 5.85. The molecule has 0 atom stereocenters. The van der Waals surface area contributed by atoms with Gasteiger partial charge >= 0.3 is 0 Å². The predicted octanol–water partition coefficient (Wildman–Crippen LogP) is 1.51. The summed E-state index contributed by atoms with van der Waals surface area (Å²) in [5.74, 6) is 0.699. The molecule has 1 aromatic heterocycles. The third kappa shape index (κ3) is 4.32. The highest BCUT2D eigenvalue weighted by Crippen LogP contribution is 2.19. The van der Waals surface area contributed by atoms with Crippen LogP contribution in [0.1, 0.15) is 19.4 Å². The largest absolute Gasteiger partial charge is 0.481 e. The van der Waals surface area contributed by atoms with E-state index < -0.39 is 0 Å². The van der Waals surface area contributed by atoms with E-state index in [2.05, 4.69) is 30.8 Å². The number of nitrogens with zero attached hydrogens (tertiary/aromatic N) is 2. The number of pyridine rings is 1. The molecule has 4 nitrogen and oxygen atoms in total. The molecule has 0 saturated carbocycles. The van der Waals surface area contributed by atoms with Crippen molar-refractivity contribution in [1.29, 1.82) is 0 Å². The molecule has 0 aliphatic rings. The topological polar surface area (TPSA) is 51.4 Å². The van der Waals surface area contributed by atoms with E-state index in [-0.39, 0.29) is 5.41 Å². The Bertz CT molecular complexity index is 352. The van der Waals surface area contributed by atoms with Crippen LogP contribution < -0.4 is 10.5 Å². The SMILES string of the molecule is COc1ncccc1CN(C)CC(C)(C)CN. The number of aromatic nitrogens is 1. The second-order valence-electron chi connectivity index (χ2n) is 5.21. The molecule has 0 aromatic carbocycles. The van der Waals surface area contributed by atoms with Crippen molar-refractivity contribution in [3.63, 3.8) is 0 Å². The summed E-state index contributed by atoms with van der Waals surface area (Å²) < 4.78 is 5.24. The Morgan fingerprint density at radius 3 is 2.76 bits per heavy atom. The first kappa shape index (κ1) is 13.9. The van der Waals surface area contributed by atoms with E-state index in [4.69, 9.17) is 10.5 Å². The summed E-state index contributed by atoms with van der Waals surface area (Å²) in [6.07, 6.45) is 1.74. The lowest BCUT2D eigenvalue weighted by atomic mass is 9.93. The van der Waals surface area contributed by atoms with Gasteiger partial charge in [0.15, 0.2) is 0 Å². The standard InChI is InChI=1S/C13H23N3O/c1-13(2,9-14)10-16(3)8-11-6-5-7-15-12(11)17-4/h5-7H,8-10,14H2,1-4H3. The van der Waals surface area contributed by atoms with Crippen LogP contribution in [0.15, 0.2) is 18.3 Å². The van der Waals surface area contributed by atoms with Crippen molar-refractivity contribution in [3.05, 3.63) is 23.9 Å². The van der Waals surface area contributed by atoms with Crippen LogP contribution in [0.5, 0.6) is 5.88 Å². The van der Waals surface area contributed by atoms with Crippen molar-refractivity contribution in [2.75, 3.05) is 27.2 Å². The zero-order valence-electron chi connectivity index (χ0n) is 11.2. The number of hydrogen-bond acceptors (Lipinski definition) is 4. The first-order chi connectivity index (χ1) is 7.98. The van der Waals surface area contributed by atoms with Crippen molar-refractivity contribution in [2.24, 2.45) is 11.1 Å². The molecule has 0 saturated heterocycles. The van der Waals surface area contributed by atoms with E-state index in [0.717, 1.165) is 18.7 Å². The van der Waals surface area contributed by atoms with Crippen molar-refractivity contribution in [1.82, 2.24) is 9.88 Å². The second kappa shape index (κ2) is 5.98. The van der Waals surface area contributed by atoms with E-state index in [1.165, 1.54) is 0 Å². The molecule has 1 rings (SSSR count).